The number of aromatic nitrogens is 3. The number of amides is 2. The summed E-state index contributed by atoms with van der Waals surface area (Å²) in [4.78, 5) is 39.7. The Morgan fingerprint density at radius 3 is 2.37 bits per heavy atom. The molecular weight excluding hydrogens is 586 g/mol. The summed E-state index contributed by atoms with van der Waals surface area (Å²) in [6, 6.07) is 15.7. The van der Waals surface area contributed by atoms with E-state index < -0.39 is 0 Å². The lowest BCUT2D eigenvalue weighted by Gasteiger charge is -2.28. The van der Waals surface area contributed by atoms with Crippen molar-refractivity contribution in [2.75, 3.05) is 44.5 Å². The summed E-state index contributed by atoms with van der Waals surface area (Å²) in [6.07, 6.45) is 1.34. The zero-order valence-corrected chi connectivity index (χ0v) is 27.5. The van der Waals surface area contributed by atoms with Gasteiger partial charge in [0, 0.05) is 49.5 Å². The van der Waals surface area contributed by atoms with Gasteiger partial charge in [0.05, 0.1) is 57.0 Å². The fourth-order valence-corrected chi connectivity index (χ4v) is 5.20. The zero-order chi connectivity index (χ0) is 32.9. The minimum atomic E-state index is -0.188. The molecule has 3 aromatic rings. The number of Topliss-reactive ketones (excluding diaryl/α,β-unsaturated/α-hetero) is 1. The van der Waals surface area contributed by atoms with Gasteiger partial charge in [-0.15, -0.1) is 5.10 Å². The predicted molar refractivity (Wildman–Crippen MR) is 176 cm³/mol. The minimum absolute atomic E-state index is 0.0109. The molecule has 0 saturated heterocycles. The van der Waals surface area contributed by atoms with Crippen molar-refractivity contribution in [2.45, 2.75) is 72.6 Å². The molecule has 2 amide bonds. The molecule has 4 rings (SSSR count). The van der Waals surface area contributed by atoms with Gasteiger partial charge in [0.1, 0.15) is 11.5 Å². The second kappa shape index (κ2) is 17.7. The maximum atomic E-state index is 13.7. The molecule has 0 fully saturated rings. The number of para-hydroxylation sites is 1. The van der Waals surface area contributed by atoms with Gasteiger partial charge in [0.2, 0.25) is 11.8 Å². The largest absolute Gasteiger partial charge is 0.381 e. The molecule has 0 aliphatic carbocycles. The smallest absolute Gasteiger partial charge is 0.227 e. The number of carbonyl (C=O) groups excluding carboxylic acids is 3. The SMILES string of the molecule is CC(C)OCCOCCn1nnc2c1-c1ccccc1CN(C(=O)CCC(=O)NCCCOCCC(=O)C(C)C)c1ccccc1-2. The van der Waals surface area contributed by atoms with Gasteiger partial charge in [-0.25, -0.2) is 4.68 Å². The lowest BCUT2D eigenvalue weighted by atomic mass is 9.95. The number of rotatable bonds is 18. The lowest BCUT2D eigenvalue weighted by molar-refractivity contribution is -0.125. The number of hydrogen-bond donors (Lipinski definition) is 1. The van der Waals surface area contributed by atoms with Crippen molar-refractivity contribution in [3.63, 3.8) is 0 Å². The predicted octanol–water partition coefficient (Wildman–Crippen LogP) is 4.82. The third-order valence-electron chi connectivity index (χ3n) is 7.70. The zero-order valence-electron chi connectivity index (χ0n) is 27.5. The third kappa shape index (κ3) is 9.78. The van der Waals surface area contributed by atoms with Crippen LogP contribution in [0.5, 0.6) is 0 Å². The van der Waals surface area contributed by atoms with Crippen molar-refractivity contribution >= 4 is 23.3 Å². The number of nitrogens with one attached hydrogen (secondary N) is 1. The number of benzene rings is 2. The maximum Gasteiger partial charge on any atom is 0.227 e. The van der Waals surface area contributed by atoms with Gasteiger partial charge in [0.25, 0.3) is 0 Å². The van der Waals surface area contributed by atoms with Crippen LogP contribution in [0.4, 0.5) is 5.69 Å². The standard InChI is InChI=1S/C35H47N5O6/c1-25(2)31(41)16-20-44-19-9-17-36-32(42)14-15-33(43)39-24-27-10-5-6-11-28(27)35-34(29-12-7-8-13-30(29)39)37-38-40(35)18-21-45-22-23-46-26(3)4/h5-8,10-13,25-26H,9,14-24H2,1-4H3,(H,36,42). The fraction of sp³-hybridized carbons (Fsp3) is 0.514. The van der Waals surface area contributed by atoms with Gasteiger partial charge in [-0.3, -0.25) is 14.4 Å². The third-order valence-corrected chi connectivity index (χ3v) is 7.70. The highest BCUT2D eigenvalue weighted by atomic mass is 16.5. The summed E-state index contributed by atoms with van der Waals surface area (Å²) in [5.74, 6) is -0.145. The van der Waals surface area contributed by atoms with Crippen LogP contribution in [0.25, 0.3) is 22.5 Å². The van der Waals surface area contributed by atoms with Gasteiger partial charge >= 0.3 is 0 Å². The number of hydrogen-bond acceptors (Lipinski definition) is 8. The van der Waals surface area contributed by atoms with Crippen molar-refractivity contribution in [1.29, 1.82) is 0 Å². The summed E-state index contributed by atoms with van der Waals surface area (Å²) in [5.41, 5.74) is 5.01. The molecule has 0 atom stereocenters. The summed E-state index contributed by atoms with van der Waals surface area (Å²) in [6.45, 7) is 11.4. The van der Waals surface area contributed by atoms with Crippen LogP contribution in [-0.2, 0) is 41.7 Å². The van der Waals surface area contributed by atoms with Crippen molar-refractivity contribution in [3.8, 4) is 22.5 Å². The molecule has 11 heteroatoms. The first-order valence-electron chi connectivity index (χ1n) is 16.2. The molecule has 1 aliphatic heterocycles. The molecule has 0 bridgehead atoms. The van der Waals surface area contributed by atoms with Crippen LogP contribution in [0.1, 0.15) is 58.9 Å². The highest BCUT2D eigenvalue weighted by molar-refractivity contribution is 6.01. The first kappa shape index (κ1) is 34.9. The van der Waals surface area contributed by atoms with E-state index in [1.165, 1.54) is 0 Å². The monoisotopic (exact) mass is 633 g/mol. The normalized spacial score (nSPS) is 12.3. The number of fused-ring (bicyclic) bond motifs is 5. The molecule has 0 radical (unpaired) electrons. The molecule has 0 spiro atoms. The van der Waals surface area contributed by atoms with E-state index in [1.54, 1.807) is 4.90 Å². The number of ether oxygens (including phenoxy) is 3. The Kier molecular flexibility index (Phi) is 13.4. The molecule has 0 saturated carbocycles. The Bertz CT molecular complexity index is 1450. The van der Waals surface area contributed by atoms with Crippen LogP contribution in [0.15, 0.2) is 48.5 Å². The molecule has 11 nitrogen and oxygen atoms in total. The van der Waals surface area contributed by atoms with Crippen molar-refractivity contribution in [1.82, 2.24) is 20.3 Å². The fourth-order valence-electron chi connectivity index (χ4n) is 5.20. The number of anilines is 1. The summed E-state index contributed by atoms with van der Waals surface area (Å²) >= 11 is 0. The Labute approximate surface area is 271 Å². The summed E-state index contributed by atoms with van der Waals surface area (Å²) in [5, 5.41) is 12.0. The Morgan fingerprint density at radius 1 is 0.848 bits per heavy atom. The van der Waals surface area contributed by atoms with Crippen LogP contribution in [0.2, 0.25) is 0 Å². The van der Waals surface area contributed by atoms with Gasteiger partial charge in [-0.1, -0.05) is 61.5 Å². The molecule has 1 N–H and O–H groups in total. The second-order valence-corrected chi connectivity index (χ2v) is 11.9. The van der Waals surface area contributed by atoms with E-state index in [0.717, 1.165) is 28.1 Å². The van der Waals surface area contributed by atoms with Crippen LogP contribution >= 0.6 is 0 Å². The Hall–Kier alpha value is -3.93. The number of carbonyl (C=O) groups is 3. The molecule has 46 heavy (non-hydrogen) atoms. The Morgan fingerprint density at radius 2 is 1.59 bits per heavy atom. The average Bonchev–Trinajstić information content (AvgIpc) is 3.45. The molecule has 1 aliphatic rings. The first-order chi connectivity index (χ1) is 22.3. The molecule has 2 heterocycles. The van der Waals surface area contributed by atoms with E-state index in [9.17, 15) is 14.4 Å². The highest BCUT2D eigenvalue weighted by Crippen LogP contribution is 2.41. The minimum Gasteiger partial charge on any atom is -0.381 e. The molecule has 2 aromatic carbocycles. The molecular formula is C35H47N5O6. The van der Waals surface area contributed by atoms with Gasteiger partial charge in [-0.05, 0) is 31.9 Å². The average molecular weight is 634 g/mol. The van der Waals surface area contributed by atoms with E-state index >= 15 is 0 Å². The Balaban J connectivity index is 1.39. The topological polar surface area (TPSA) is 125 Å². The van der Waals surface area contributed by atoms with Gasteiger partial charge in [-0.2, -0.15) is 0 Å². The second-order valence-electron chi connectivity index (χ2n) is 11.9. The van der Waals surface area contributed by atoms with Crippen LogP contribution in [0, 0.1) is 5.92 Å². The maximum absolute atomic E-state index is 13.7. The van der Waals surface area contributed by atoms with E-state index in [-0.39, 0.29) is 42.5 Å². The van der Waals surface area contributed by atoms with Gasteiger partial charge < -0.3 is 24.4 Å². The van der Waals surface area contributed by atoms with E-state index in [1.807, 2.05) is 80.9 Å². The summed E-state index contributed by atoms with van der Waals surface area (Å²) in [7, 11) is 0. The van der Waals surface area contributed by atoms with Crippen LogP contribution in [0.3, 0.4) is 0 Å². The van der Waals surface area contributed by atoms with Gasteiger partial charge in [0.15, 0.2) is 0 Å². The van der Waals surface area contributed by atoms with E-state index in [2.05, 4.69) is 15.6 Å². The van der Waals surface area contributed by atoms with Crippen molar-refractivity contribution in [2.24, 2.45) is 5.92 Å². The molecule has 0 unspecified atom stereocenters. The number of nitrogens with zero attached hydrogens (tertiary/aromatic N) is 4. The first-order valence-corrected chi connectivity index (χ1v) is 16.2. The number of ketones is 1. The van der Waals surface area contributed by atoms with E-state index in [4.69, 9.17) is 14.2 Å². The van der Waals surface area contributed by atoms with Crippen molar-refractivity contribution < 1.29 is 28.6 Å². The molecule has 1 aromatic heterocycles. The highest BCUT2D eigenvalue weighted by Gasteiger charge is 2.29. The molecule has 248 valence electrons. The van der Waals surface area contributed by atoms with Crippen LogP contribution < -0.4 is 10.2 Å². The van der Waals surface area contributed by atoms with Crippen molar-refractivity contribution in [3.05, 3.63) is 54.1 Å². The quantitative estimate of drug-likeness (QED) is 0.198. The lowest BCUT2D eigenvalue weighted by Crippen LogP contribution is -2.33. The van der Waals surface area contributed by atoms with Crippen LogP contribution in [-0.4, -0.2) is 78.3 Å². The summed E-state index contributed by atoms with van der Waals surface area (Å²) < 4.78 is 18.7. The van der Waals surface area contributed by atoms with E-state index in [0.29, 0.717) is 71.2 Å².